The van der Waals surface area contributed by atoms with Crippen LogP contribution in [0, 0.1) is 13.8 Å². The minimum atomic E-state index is 0.332. The molecule has 1 heterocycles. The van der Waals surface area contributed by atoms with E-state index in [1.807, 2.05) is 25.1 Å². The van der Waals surface area contributed by atoms with Crippen LogP contribution < -0.4 is 0 Å². The number of para-hydroxylation sites is 1. The van der Waals surface area contributed by atoms with Gasteiger partial charge >= 0.3 is 0 Å². The number of hydrogen-bond donors (Lipinski definition) is 2. The number of benzene rings is 3. The topological polar surface area (TPSA) is 36.0 Å². The Morgan fingerprint density at radius 3 is 2.41 bits per heavy atom. The molecule has 1 aromatic heterocycles. The molecule has 108 valence electrons. The highest BCUT2D eigenvalue weighted by molar-refractivity contribution is 6.16. The van der Waals surface area contributed by atoms with Gasteiger partial charge in [-0.2, -0.15) is 0 Å². The van der Waals surface area contributed by atoms with Crippen molar-refractivity contribution in [3.05, 3.63) is 65.7 Å². The van der Waals surface area contributed by atoms with Crippen LogP contribution in [0.5, 0.6) is 5.75 Å². The lowest BCUT2D eigenvalue weighted by Gasteiger charge is -2.10. The SMILES string of the molecule is Cc1ccc(-c2c(O)cc(C)c3[nH]c4ccccc4c23)cc1. The summed E-state index contributed by atoms with van der Waals surface area (Å²) in [7, 11) is 0. The molecule has 0 atom stereocenters. The Labute approximate surface area is 129 Å². The first-order valence-electron chi connectivity index (χ1n) is 7.45. The lowest BCUT2D eigenvalue weighted by atomic mass is 9.96. The Bertz CT molecular complexity index is 994. The molecule has 4 aromatic rings. The largest absolute Gasteiger partial charge is 0.507 e. The van der Waals surface area contributed by atoms with Crippen molar-refractivity contribution in [1.82, 2.24) is 4.98 Å². The van der Waals surface area contributed by atoms with E-state index in [1.54, 1.807) is 0 Å². The molecule has 3 aromatic carbocycles. The van der Waals surface area contributed by atoms with Crippen LogP contribution in [0.2, 0.25) is 0 Å². The molecule has 0 saturated carbocycles. The molecule has 0 aliphatic heterocycles. The zero-order valence-electron chi connectivity index (χ0n) is 12.6. The van der Waals surface area contributed by atoms with Gasteiger partial charge in [0, 0.05) is 21.9 Å². The van der Waals surface area contributed by atoms with E-state index >= 15 is 0 Å². The molecule has 0 fully saturated rings. The molecule has 4 rings (SSSR count). The highest BCUT2D eigenvalue weighted by atomic mass is 16.3. The number of aromatic amines is 1. The molecule has 22 heavy (non-hydrogen) atoms. The first-order chi connectivity index (χ1) is 10.6. The number of fused-ring (bicyclic) bond motifs is 3. The number of nitrogens with one attached hydrogen (secondary N) is 1. The van der Waals surface area contributed by atoms with Gasteiger partial charge in [0.05, 0.1) is 5.52 Å². The van der Waals surface area contributed by atoms with Gasteiger partial charge in [0.15, 0.2) is 0 Å². The Hall–Kier alpha value is -2.74. The van der Waals surface area contributed by atoms with Gasteiger partial charge < -0.3 is 10.1 Å². The summed E-state index contributed by atoms with van der Waals surface area (Å²) in [4.78, 5) is 3.48. The number of aromatic hydroxyl groups is 1. The van der Waals surface area contributed by atoms with E-state index < -0.39 is 0 Å². The van der Waals surface area contributed by atoms with Crippen LogP contribution in [0.4, 0.5) is 0 Å². The van der Waals surface area contributed by atoms with Gasteiger partial charge in [-0.3, -0.25) is 0 Å². The van der Waals surface area contributed by atoms with Crippen LogP contribution >= 0.6 is 0 Å². The maximum absolute atomic E-state index is 10.6. The molecule has 0 amide bonds. The van der Waals surface area contributed by atoms with Crippen molar-refractivity contribution in [2.75, 3.05) is 0 Å². The van der Waals surface area contributed by atoms with Gasteiger partial charge in [0.2, 0.25) is 0 Å². The van der Waals surface area contributed by atoms with E-state index in [4.69, 9.17) is 0 Å². The van der Waals surface area contributed by atoms with Crippen molar-refractivity contribution >= 4 is 21.8 Å². The van der Waals surface area contributed by atoms with E-state index in [-0.39, 0.29) is 0 Å². The van der Waals surface area contributed by atoms with Gasteiger partial charge in [-0.1, -0.05) is 48.0 Å². The first kappa shape index (κ1) is 13.0. The van der Waals surface area contributed by atoms with Crippen LogP contribution in [-0.4, -0.2) is 10.1 Å². The highest BCUT2D eigenvalue weighted by Gasteiger charge is 2.16. The molecule has 0 bridgehead atoms. The normalized spacial score (nSPS) is 11.4. The predicted molar refractivity (Wildman–Crippen MR) is 92.4 cm³/mol. The quantitative estimate of drug-likeness (QED) is 0.489. The van der Waals surface area contributed by atoms with Crippen molar-refractivity contribution in [1.29, 1.82) is 0 Å². The Morgan fingerprint density at radius 2 is 1.64 bits per heavy atom. The number of rotatable bonds is 1. The van der Waals surface area contributed by atoms with E-state index in [9.17, 15) is 5.11 Å². The summed E-state index contributed by atoms with van der Waals surface area (Å²) in [6.45, 7) is 4.09. The molecular formula is C20H17NO. The van der Waals surface area contributed by atoms with Gasteiger partial charge in [-0.05, 0) is 37.1 Å². The number of aryl methyl sites for hydroxylation is 2. The van der Waals surface area contributed by atoms with Gasteiger partial charge in [0.25, 0.3) is 0 Å². The summed E-state index contributed by atoms with van der Waals surface area (Å²) in [5.74, 6) is 0.332. The van der Waals surface area contributed by atoms with Crippen molar-refractivity contribution in [2.24, 2.45) is 0 Å². The molecule has 0 spiro atoms. The average molecular weight is 287 g/mol. The van der Waals surface area contributed by atoms with Gasteiger partial charge in [-0.25, -0.2) is 0 Å². The maximum atomic E-state index is 10.6. The zero-order chi connectivity index (χ0) is 15.3. The Morgan fingerprint density at radius 1 is 0.909 bits per heavy atom. The van der Waals surface area contributed by atoms with Gasteiger partial charge in [0.1, 0.15) is 5.75 Å². The predicted octanol–water partition coefficient (Wildman–Crippen LogP) is 5.31. The van der Waals surface area contributed by atoms with Gasteiger partial charge in [-0.15, -0.1) is 0 Å². The van der Waals surface area contributed by atoms with E-state index in [2.05, 4.69) is 48.3 Å². The number of H-pyrrole nitrogens is 1. The molecule has 2 heteroatoms. The lowest BCUT2D eigenvalue weighted by Crippen LogP contribution is -1.85. The summed E-state index contributed by atoms with van der Waals surface area (Å²) in [5.41, 5.74) is 6.40. The average Bonchev–Trinajstić information content (AvgIpc) is 2.89. The molecule has 0 aliphatic rings. The number of phenolic OH excluding ortho intramolecular Hbond substituents is 1. The van der Waals surface area contributed by atoms with Crippen LogP contribution in [0.25, 0.3) is 32.9 Å². The third-order valence-electron chi connectivity index (χ3n) is 4.30. The maximum Gasteiger partial charge on any atom is 0.124 e. The van der Waals surface area contributed by atoms with Crippen molar-refractivity contribution in [2.45, 2.75) is 13.8 Å². The molecule has 0 radical (unpaired) electrons. The van der Waals surface area contributed by atoms with E-state index in [1.165, 1.54) is 5.56 Å². The van der Waals surface area contributed by atoms with E-state index in [0.717, 1.165) is 38.5 Å². The second-order valence-electron chi connectivity index (χ2n) is 5.87. The standard InChI is InChI=1S/C20H17NO/c1-12-7-9-14(10-8-12)18-17(22)11-13(2)20-19(18)15-5-3-4-6-16(15)21-20/h3-11,21-22H,1-2H3. The van der Waals surface area contributed by atoms with Crippen LogP contribution in [-0.2, 0) is 0 Å². The number of aromatic nitrogens is 1. The second-order valence-corrected chi connectivity index (χ2v) is 5.87. The summed E-state index contributed by atoms with van der Waals surface area (Å²) in [6, 6.07) is 18.4. The monoisotopic (exact) mass is 287 g/mol. The minimum Gasteiger partial charge on any atom is -0.507 e. The van der Waals surface area contributed by atoms with Crippen LogP contribution in [0.3, 0.4) is 0 Å². The minimum absolute atomic E-state index is 0.332. The fraction of sp³-hybridized carbons (Fsp3) is 0.100. The molecule has 2 nitrogen and oxygen atoms in total. The second kappa shape index (κ2) is 4.63. The van der Waals surface area contributed by atoms with Crippen LogP contribution in [0.15, 0.2) is 54.6 Å². The van der Waals surface area contributed by atoms with E-state index in [0.29, 0.717) is 5.75 Å². The Balaban J connectivity index is 2.19. The fourth-order valence-electron chi connectivity index (χ4n) is 3.19. The number of hydrogen-bond acceptors (Lipinski definition) is 1. The lowest BCUT2D eigenvalue weighted by molar-refractivity contribution is 0.477. The third kappa shape index (κ3) is 1.81. The summed E-state index contributed by atoms with van der Waals surface area (Å²) >= 11 is 0. The summed E-state index contributed by atoms with van der Waals surface area (Å²) < 4.78 is 0. The molecule has 0 saturated heterocycles. The zero-order valence-corrected chi connectivity index (χ0v) is 12.6. The molecule has 2 N–H and O–H groups in total. The summed E-state index contributed by atoms with van der Waals surface area (Å²) in [5, 5.41) is 12.8. The smallest absolute Gasteiger partial charge is 0.124 e. The van der Waals surface area contributed by atoms with Crippen molar-refractivity contribution < 1.29 is 5.11 Å². The van der Waals surface area contributed by atoms with Crippen molar-refractivity contribution in [3.8, 4) is 16.9 Å². The van der Waals surface area contributed by atoms with Crippen LogP contribution in [0.1, 0.15) is 11.1 Å². The molecular weight excluding hydrogens is 270 g/mol. The van der Waals surface area contributed by atoms with Crippen molar-refractivity contribution in [3.63, 3.8) is 0 Å². The highest BCUT2D eigenvalue weighted by Crippen LogP contribution is 2.41. The molecule has 0 aliphatic carbocycles. The first-order valence-corrected chi connectivity index (χ1v) is 7.45. The summed E-state index contributed by atoms with van der Waals surface area (Å²) in [6.07, 6.45) is 0. The molecule has 0 unspecified atom stereocenters. The third-order valence-corrected chi connectivity index (χ3v) is 4.30. The number of phenols is 1. The Kier molecular flexibility index (Phi) is 2.73. The fourth-order valence-corrected chi connectivity index (χ4v) is 3.19.